The van der Waals surface area contributed by atoms with E-state index >= 15 is 0 Å². The summed E-state index contributed by atoms with van der Waals surface area (Å²) in [6.45, 7) is 4.22. The van der Waals surface area contributed by atoms with Crippen LogP contribution in [0.1, 0.15) is 44.1 Å². The second-order valence-corrected chi connectivity index (χ2v) is 8.19. The molecule has 1 aliphatic carbocycles. The van der Waals surface area contributed by atoms with E-state index in [-0.39, 0.29) is 11.4 Å². The molecule has 0 unspecified atom stereocenters. The zero-order valence-corrected chi connectivity index (χ0v) is 18.6. The number of ether oxygens (including phenoxy) is 4. The van der Waals surface area contributed by atoms with Crippen LogP contribution in [0.15, 0.2) is 12.1 Å². The second-order valence-electron chi connectivity index (χ2n) is 8.19. The molecule has 3 rings (SSSR count). The average Bonchev–Trinajstić information content (AvgIpc) is 2.81. The van der Waals surface area contributed by atoms with Gasteiger partial charge in [-0.2, -0.15) is 0 Å². The zero-order valence-electron chi connectivity index (χ0n) is 18.6. The number of nitrogens with one attached hydrogen (secondary N) is 1. The molecule has 0 atom stereocenters. The van der Waals surface area contributed by atoms with Gasteiger partial charge in [0.1, 0.15) is 0 Å². The highest BCUT2D eigenvalue weighted by molar-refractivity contribution is 5.76. The van der Waals surface area contributed by atoms with Gasteiger partial charge in [-0.25, -0.2) is 0 Å². The maximum Gasteiger partial charge on any atom is 0.220 e. The topological polar surface area (TPSA) is 69.3 Å². The van der Waals surface area contributed by atoms with Crippen LogP contribution < -0.4 is 19.5 Å². The molecule has 1 heterocycles. The van der Waals surface area contributed by atoms with Crippen LogP contribution in [-0.4, -0.2) is 70.5 Å². The molecular weight excluding hydrogens is 384 g/mol. The van der Waals surface area contributed by atoms with Gasteiger partial charge in [0.25, 0.3) is 0 Å². The van der Waals surface area contributed by atoms with E-state index < -0.39 is 0 Å². The molecular formula is C23H36N2O5. The molecule has 7 heteroatoms. The van der Waals surface area contributed by atoms with Crippen molar-refractivity contribution in [2.75, 3.05) is 54.2 Å². The molecule has 1 saturated heterocycles. The van der Waals surface area contributed by atoms with Gasteiger partial charge in [0.05, 0.1) is 34.5 Å². The predicted molar refractivity (Wildman–Crippen MR) is 116 cm³/mol. The Balaban J connectivity index is 1.58. The van der Waals surface area contributed by atoms with Crippen molar-refractivity contribution in [2.24, 2.45) is 0 Å². The molecule has 1 aromatic carbocycles. The number of rotatable bonds is 9. The van der Waals surface area contributed by atoms with Crippen molar-refractivity contribution in [3.8, 4) is 17.2 Å². The van der Waals surface area contributed by atoms with E-state index in [2.05, 4.69) is 10.2 Å². The number of hydrogen-bond acceptors (Lipinski definition) is 6. The minimum absolute atomic E-state index is 0.0851. The number of amides is 1. The first-order chi connectivity index (χ1) is 14.6. The van der Waals surface area contributed by atoms with Crippen LogP contribution in [0.5, 0.6) is 17.2 Å². The number of methoxy groups -OCH3 is 3. The third kappa shape index (κ3) is 5.38. The summed E-state index contributed by atoms with van der Waals surface area (Å²) in [6.07, 6.45) is 7.11. The van der Waals surface area contributed by atoms with Crippen LogP contribution in [0, 0.1) is 0 Å². The van der Waals surface area contributed by atoms with E-state index in [1.807, 2.05) is 12.1 Å². The van der Waals surface area contributed by atoms with Crippen molar-refractivity contribution in [2.45, 2.75) is 50.5 Å². The summed E-state index contributed by atoms with van der Waals surface area (Å²) in [5.41, 5.74) is 1.07. The van der Waals surface area contributed by atoms with Crippen LogP contribution in [0.4, 0.5) is 0 Å². The van der Waals surface area contributed by atoms with Gasteiger partial charge < -0.3 is 24.3 Å². The van der Waals surface area contributed by atoms with Crippen molar-refractivity contribution in [3.63, 3.8) is 0 Å². The Bertz CT molecular complexity index is 672. The van der Waals surface area contributed by atoms with Crippen LogP contribution >= 0.6 is 0 Å². The van der Waals surface area contributed by atoms with Gasteiger partial charge >= 0.3 is 0 Å². The fraction of sp³-hybridized carbons (Fsp3) is 0.696. The lowest BCUT2D eigenvalue weighted by Crippen LogP contribution is -2.59. The highest BCUT2D eigenvalue weighted by Crippen LogP contribution is 2.38. The predicted octanol–water partition coefficient (Wildman–Crippen LogP) is 2.80. The Morgan fingerprint density at radius 1 is 1.03 bits per heavy atom. The fourth-order valence-electron chi connectivity index (χ4n) is 4.74. The minimum Gasteiger partial charge on any atom is -0.493 e. The van der Waals surface area contributed by atoms with Crippen LogP contribution in [0.25, 0.3) is 0 Å². The summed E-state index contributed by atoms with van der Waals surface area (Å²) in [4.78, 5) is 15.2. The highest BCUT2D eigenvalue weighted by Gasteiger charge is 2.38. The standard InChI is InChI=1S/C23H36N2O5/c1-27-19-15-18(16-20(28-2)22(19)29-3)7-8-21(26)24-17-23(9-5-4-6-10-23)25-11-13-30-14-12-25/h15-16H,4-14,17H2,1-3H3,(H,24,26). The quantitative estimate of drug-likeness (QED) is 0.663. The number of nitrogens with zero attached hydrogens (tertiary/aromatic N) is 1. The molecule has 168 valence electrons. The van der Waals surface area contributed by atoms with Gasteiger partial charge in [0.15, 0.2) is 11.5 Å². The third-order valence-electron chi connectivity index (χ3n) is 6.45. The summed E-state index contributed by atoms with van der Waals surface area (Å²) in [5, 5.41) is 3.23. The smallest absolute Gasteiger partial charge is 0.220 e. The summed E-state index contributed by atoms with van der Waals surface area (Å²) in [5.74, 6) is 1.88. The molecule has 30 heavy (non-hydrogen) atoms. The molecule has 0 spiro atoms. The third-order valence-corrected chi connectivity index (χ3v) is 6.45. The Hall–Kier alpha value is -1.99. The summed E-state index contributed by atoms with van der Waals surface area (Å²) in [6, 6.07) is 3.82. The van der Waals surface area contributed by atoms with Gasteiger partial charge in [-0.15, -0.1) is 0 Å². The van der Waals surface area contributed by atoms with Gasteiger partial charge in [-0.05, 0) is 37.0 Å². The number of hydrogen-bond donors (Lipinski definition) is 1. The lowest BCUT2D eigenvalue weighted by Gasteiger charge is -2.48. The minimum atomic E-state index is 0.0851. The number of benzene rings is 1. The molecule has 1 saturated carbocycles. The Kier molecular flexibility index (Phi) is 8.22. The van der Waals surface area contributed by atoms with Crippen molar-refractivity contribution in [1.29, 1.82) is 0 Å². The van der Waals surface area contributed by atoms with E-state index in [4.69, 9.17) is 18.9 Å². The Morgan fingerprint density at radius 2 is 1.67 bits per heavy atom. The van der Waals surface area contributed by atoms with E-state index in [0.29, 0.717) is 30.1 Å². The highest BCUT2D eigenvalue weighted by atomic mass is 16.5. The van der Waals surface area contributed by atoms with Crippen molar-refractivity contribution >= 4 is 5.91 Å². The molecule has 0 bridgehead atoms. The molecule has 0 aromatic heterocycles. The van der Waals surface area contributed by atoms with Gasteiger partial charge in [-0.3, -0.25) is 9.69 Å². The molecule has 1 aromatic rings. The zero-order chi connectivity index (χ0) is 21.4. The number of carbonyl (C=O) groups is 1. The Morgan fingerprint density at radius 3 is 2.23 bits per heavy atom. The van der Waals surface area contributed by atoms with Crippen molar-refractivity contribution in [3.05, 3.63) is 17.7 Å². The first-order valence-electron chi connectivity index (χ1n) is 11.0. The normalized spacial score (nSPS) is 19.2. The lowest BCUT2D eigenvalue weighted by atomic mass is 9.79. The molecule has 7 nitrogen and oxygen atoms in total. The average molecular weight is 421 g/mol. The molecule has 1 aliphatic heterocycles. The molecule has 0 radical (unpaired) electrons. The van der Waals surface area contributed by atoms with Crippen LogP contribution in [0.2, 0.25) is 0 Å². The molecule has 2 aliphatic rings. The number of morpholine rings is 1. The van der Waals surface area contributed by atoms with Crippen LogP contribution in [-0.2, 0) is 16.0 Å². The number of aryl methyl sites for hydroxylation is 1. The summed E-state index contributed by atoms with van der Waals surface area (Å²) in [7, 11) is 4.79. The Labute approximate surface area is 180 Å². The van der Waals surface area contributed by atoms with E-state index in [1.54, 1.807) is 21.3 Å². The maximum absolute atomic E-state index is 12.7. The van der Waals surface area contributed by atoms with E-state index in [1.165, 1.54) is 19.3 Å². The monoisotopic (exact) mass is 420 g/mol. The van der Waals surface area contributed by atoms with Gasteiger partial charge in [-0.1, -0.05) is 19.3 Å². The van der Waals surface area contributed by atoms with Crippen molar-refractivity contribution in [1.82, 2.24) is 10.2 Å². The largest absolute Gasteiger partial charge is 0.493 e. The lowest BCUT2D eigenvalue weighted by molar-refractivity contribution is -0.122. The van der Waals surface area contributed by atoms with Gasteiger partial charge in [0.2, 0.25) is 11.7 Å². The first kappa shape index (κ1) is 22.7. The van der Waals surface area contributed by atoms with E-state index in [9.17, 15) is 4.79 Å². The first-order valence-corrected chi connectivity index (χ1v) is 11.0. The number of carbonyl (C=O) groups excluding carboxylic acids is 1. The maximum atomic E-state index is 12.7. The second kappa shape index (κ2) is 10.9. The van der Waals surface area contributed by atoms with E-state index in [0.717, 1.165) is 51.3 Å². The SMILES string of the molecule is COc1cc(CCC(=O)NCC2(N3CCOCC3)CCCCC2)cc(OC)c1OC. The molecule has 1 amide bonds. The van der Waals surface area contributed by atoms with Gasteiger partial charge in [0, 0.05) is 31.6 Å². The molecule has 2 fully saturated rings. The summed E-state index contributed by atoms with van der Waals surface area (Å²) < 4.78 is 21.7. The summed E-state index contributed by atoms with van der Waals surface area (Å²) >= 11 is 0. The molecule has 1 N–H and O–H groups in total. The van der Waals surface area contributed by atoms with Crippen molar-refractivity contribution < 1.29 is 23.7 Å². The fourth-order valence-corrected chi connectivity index (χ4v) is 4.74. The van der Waals surface area contributed by atoms with Crippen LogP contribution in [0.3, 0.4) is 0 Å².